The van der Waals surface area contributed by atoms with Gasteiger partial charge in [0.25, 0.3) is 0 Å². The zero-order valence-electron chi connectivity index (χ0n) is 14.2. The van der Waals surface area contributed by atoms with Gasteiger partial charge >= 0.3 is 0 Å². The monoisotopic (exact) mass is 346 g/mol. The zero-order chi connectivity index (χ0) is 18.1. The number of nitrogens with one attached hydrogen (secondary N) is 1. The van der Waals surface area contributed by atoms with Crippen molar-refractivity contribution in [3.63, 3.8) is 0 Å². The normalized spacial score (nSPS) is 15.5. The third-order valence-corrected chi connectivity index (χ3v) is 4.94. The van der Waals surface area contributed by atoms with Crippen LogP contribution in [-0.4, -0.2) is 5.91 Å². The molecule has 0 bridgehead atoms. The van der Waals surface area contributed by atoms with Crippen molar-refractivity contribution in [2.24, 2.45) is 0 Å². The average molecular weight is 346 g/mol. The van der Waals surface area contributed by atoms with E-state index in [0.717, 1.165) is 29.5 Å². The van der Waals surface area contributed by atoms with Gasteiger partial charge in [-0.1, -0.05) is 42.5 Å². The maximum absolute atomic E-state index is 13.1. The quantitative estimate of drug-likeness (QED) is 0.673. The minimum atomic E-state index is -0.280. The molecule has 1 atom stereocenters. The van der Waals surface area contributed by atoms with E-state index in [0.29, 0.717) is 11.4 Å². The Morgan fingerprint density at radius 1 is 1.00 bits per heavy atom. The SMILES string of the molecule is Nc1ccc(-c2ccc(F)cc2)cc1NC(=O)C1CCc2ccccc21. The summed E-state index contributed by atoms with van der Waals surface area (Å²) < 4.78 is 13.1. The van der Waals surface area contributed by atoms with Crippen molar-refractivity contribution < 1.29 is 9.18 Å². The van der Waals surface area contributed by atoms with Crippen molar-refractivity contribution in [1.82, 2.24) is 0 Å². The molecule has 0 fully saturated rings. The number of carbonyl (C=O) groups is 1. The summed E-state index contributed by atoms with van der Waals surface area (Å²) in [6.07, 6.45) is 1.72. The Balaban J connectivity index is 1.59. The smallest absolute Gasteiger partial charge is 0.231 e. The van der Waals surface area contributed by atoms with Gasteiger partial charge in [-0.3, -0.25) is 4.79 Å². The summed E-state index contributed by atoms with van der Waals surface area (Å²) in [7, 11) is 0. The number of carbonyl (C=O) groups excluding carboxylic acids is 1. The molecular weight excluding hydrogens is 327 g/mol. The van der Waals surface area contributed by atoms with E-state index in [4.69, 9.17) is 5.73 Å². The lowest BCUT2D eigenvalue weighted by molar-refractivity contribution is -0.117. The second-order valence-corrected chi connectivity index (χ2v) is 6.59. The Hall–Kier alpha value is -3.14. The summed E-state index contributed by atoms with van der Waals surface area (Å²) in [5.74, 6) is -0.476. The van der Waals surface area contributed by atoms with Crippen LogP contribution in [-0.2, 0) is 11.2 Å². The number of hydrogen-bond donors (Lipinski definition) is 2. The number of hydrogen-bond acceptors (Lipinski definition) is 2. The zero-order valence-corrected chi connectivity index (χ0v) is 14.2. The molecule has 3 aromatic rings. The van der Waals surface area contributed by atoms with Gasteiger partial charge in [0, 0.05) is 0 Å². The first-order chi connectivity index (χ1) is 12.6. The minimum Gasteiger partial charge on any atom is -0.397 e. The third-order valence-electron chi connectivity index (χ3n) is 4.94. The molecule has 3 aromatic carbocycles. The summed E-state index contributed by atoms with van der Waals surface area (Å²) in [6, 6.07) is 19.8. The van der Waals surface area contributed by atoms with Gasteiger partial charge in [-0.15, -0.1) is 0 Å². The van der Waals surface area contributed by atoms with E-state index in [2.05, 4.69) is 11.4 Å². The van der Waals surface area contributed by atoms with Gasteiger partial charge in [0.1, 0.15) is 5.82 Å². The Labute approximate surface area is 151 Å². The number of nitrogens with two attached hydrogens (primary N) is 1. The third kappa shape index (κ3) is 3.06. The van der Waals surface area contributed by atoms with Crippen LogP contribution in [0.5, 0.6) is 0 Å². The molecule has 1 aliphatic carbocycles. The molecule has 1 amide bonds. The molecule has 3 nitrogen and oxygen atoms in total. The molecule has 4 rings (SSSR count). The summed E-state index contributed by atoms with van der Waals surface area (Å²) in [4.78, 5) is 12.8. The highest BCUT2D eigenvalue weighted by Crippen LogP contribution is 2.35. The molecule has 0 heterocycles. The molecular formula is C22H19FN2O. The van der Waals surface area contributed by atoms with Crippen LogP contribution in [0.4, 0.5) is 15.8 Å². The highest BCUT2D eigenvalue weighted by molar-refractivity contribution is 5.99. The summed E-state index contributed by atoms with van der Waals surface area (Å²) in [6.45, 7) is 0. The van der Waals surface area contributed by atoms with E-state index in [-0.39, 0.29) is 17.6 Å². The largest absolute Gasteiger partial charge is 0.397 e. The van der Waals surface area contributed by atoms with Crippen LogP contribution >= 0.6 is 0 Å². The van der Waals surface area contributed by atoms with E-state index >= 15 is 0 Å². The van der Waals surface area contributed by atoms with Gasteiger partial charge in [0.05, 0.1) is 17.3 Å². The molecule has 0 spiro atoms. The number of amides is 1. The van der Waals surface area contributed by atoms with Gasteiger partial charge in [-0.05, 0) is 59.4 Å². The van der Waals surface area contributed by atoms with Gasteiger partial charge in [-0.2, -0.15) is 0 Å². The number of halogens is 1. The molecule has 0 aliphatic heterocycles. The Kier molecular flexibility index (Phi) is 4.17. The van der Waals surface area contributed by atoms with Crippen LogP contribution in [0.15, 0.2) is 66.7 Å². The van der Waals surface area contributed by atoms with Crippen LogP contribution in [0.2, 0.25) is 0 Å². The van der Waals surface area contributed by atoms with Crippen LogP contribution < -0.4 is 11.1 Å². The minimum absolute atomic E-state index is 0.0436. The highest BCUT2D eigenvalue weighted by Gasteiger charge is 2.28. The molecule has 26 heavy (non-hydrogen) atoms. The summed E-state index contributed by atoms with van der Waals surface area (Å²) in [5, 5.41) is 2.98. The van der Waals surface area contributed by atoms with E-state index in [1.54, 1.807) is 18.2 Å². The van der Waals surface area contributed by atoms with Gasteiger partial charge in [0.2, 0.25) is 5.91 Å². The van der Waals surface area contributed by atoms with Gasteiger partial charge in [0.15, 0.2) is 0 Å². The lowest BCUT2D eigenvalue weighted by atomic mass is 10.00. The Bertz CT molecular complexity index is 966. The highest BCUT2D eigenvalue weighted by atomic mass is 19.1. The van der Waals surface area contributed by atoms with E-state index in [1.165, 1.54) is 17.7 Å². The molecule has 1 unspecified atom stereocenters. The first kappa shape index (κ1) is 16.3. The van der Waals surface area contributed by atoms with Crippen molar-refractivity contribution >= 4 is 17.3 Å². The first-order valence-electron chi connectivity index (χ1n) is 8.66. The van der Waals surface area contributed by atoms with E-state index < -0.39 is 0 Å². The van der Waals surface area contributed by atoms with E-state index in [1.807, 2.05) is 30.3 Å². The topological polar surface area (TPSA) is 55.1 Å². The lowest BCUT2D eigenvalue weighted by Crippen LogP contribution is -2.20. The first-order valence-corrected chi connectivity index (χ1v) is 8.66. The van der Waals surface area contributed by atoms with Crippen LogP contribution in [0.25, 0.3) is 11.1 Å². The van der Waals surface area contributed by atoms with Crippen molar-refractivity contribution in [3.05, 3.63) is 83.7 Å². The number of nitrogen functional groups attached to an aromatic ring is 1. The van der Waals surface area contributed by atoms with E-state index in [9.17, 15) is 9.18 Å². The number of benzene rings is 3. The van der Waals surface area contributed by atoms with Crippen molar-refractivity contribution in [1.29, 1.82) is 0 Å². The predicted molar refractivity (Wildman–Crippen MR) is 102 cm³/mol. The molecule has 0 saturated carbocycles. The Morgan fingerprint density at radius 3 is 2.54 bits per heavy atom. The van der Waals surface area contributed by atoms with Crippen LogP contribution in [0, 0.1) is 5.82 Å². The molecule has 3 N–H and O–H groups in total. The molecule has 0 aromatic heterocycles. The fourth-order valence-electron chi connectivity index (χ4n) is 3.54. The molecule has 1 aliphatic rings. The van der Waals surface area contributed by atoms with Crippen molar-refractivity contribution in [2.45, 2.75) is 18.8 Å². The molecule has 4 heteroatoms. The molecule has 130 valence electrons. The lowest BCUT2D eigenvalue weighted by Gasteiger charge is -2.15. The fraction of sp³-hybridized carbons (Fsp3) is 0.136. The Morgan fingerprint density at radius 2 is 1.73 bits per heavy atom. The van der Waals surface area contributed by atoms with Crippen molar-refractivity contribution in [2.75, 3.05) is 11.1 Å². The number of aryl methyl sites for hydroxylation is 1. The van der Waals surface area contributed by atoms with Crippen LogP contribution in [0.3, 0.4) is 0 Å². The number of anilines is 2. The number of rotatable bonds is 3. The summed E-state index contributed by atoms with van der Waals surface area (Å²) in [5.41, 5.74) is 11.2. The fourth-order valence-corrected chi connectivity index (χ4v) is 3.54. The predicted octanol–water partition coefficient (Wildman–Crippen LogP) is 4.74. The van der Waals surface area contributed by atoms with Gasteiger partial charge < -0.3 is 11.1 Å². The maximum atomic E-state index is 13.1. The molecule has 0 saturated heterocycles. The standard InChI is InChI=1S/C22H19FN2O/c23-17-9-5-14(6-10-17)16-8-12-20(24)21(13-16)25-22(26)19-11-7-15-3-1-2-4-18(15)19/h1-6,8-10,12-13,19H,7,11,24H2,(H,25,26). The second kappa shape index (κ2) is 6.64. The summed E-state index contributed by atoms with van der Waals surface area (Å²) >= 11 is 0. The maximum Gasteiger partial charge on any atom is 0.231 e. The number of fused-ring (bicyclic) bond motifs is 1. The van der Waals surface area contributed by atoms with Gasteiger partial charge in [-0.25, -0.2) is 4.39 Å². The van der Waals surface area contributed by atoms with Crippen molar-refractivity contribution in [3.8, 4) is 11.1 Å². The van der Waals surface area contributed by atoms with Crippen LogP contribution in [0.1, 0.15) is 23.5 Å². The molecule has 0 radical (unpaired) electrons. The second-order valence-electron chi connectivity index (χ2n) is 6.59. The average Bonchev–Trinajstić information content (AvgIpc) is 3.08.